The lowest BCUT2D eigenvalue weighted by Crippen LogP contribution is -2.12. The summed E-state index contributed by atoms with van der Waals surface area (Å²) in [5.74, 6) is 2.03. The molecule has 0 bridgehead atoms. The third-order valence-electron chi connectivity index (χ3n) is 6.27. The molecule has 0 saturated heterocycles. The van der Waals surface area contributed by atoms with Gasteiger partial charge in [0, 0.05) is 17.4 Å². The summed E-state index contributed by atoms with van der Waals surface area (Å²) in [6, 6.07) is 25.0. The highest BCUT2D eigenvalue weighted by Gasteiger charge is 2.15. The zero-order chi connectivity index (χ0) is 26.9. The van der Waals surface area contributed by atoms with Gasteiger partial charge in [-0.05, 0) is 80.8 Å². The fourth-order valence-electron chi connectivity index (χ4n) is 4.01. The van der Waals surface area contributed by atoms with Gasteiger partial charge in [-0.3, -0.25) is 4.72 Å². The van der Waals surface area contributed by atoms with Crippen LogP contribution in [-0.2, 0) is 10.0 Å². The van der Waals surface area contributed by atoms with E-state index in [1.807, 2.05) is 51.1 Å². The molecule has 0 aliphatic carbocycles. The van der Waals surface area contributed by atoms with Gasteiger partial charge < -0.3 is 4.74 Å². The molecule has 0 radical (unpaired) electrons. The summed E-state index contributed by atoms with van der Waals surface area (Å²) >= 11 is 0. The standard InChI is InChI=1S/C29H27N5O3S/c1-19-20(2)32-34(21(19)3)28-18-29(31-22(4)30-28)37-26-14-12-25(13-15-26)33-38(35,36)27-16-10-24(11-17-27)23-8-6-5-7-9-23/h5-18,33H,1-4H3. The summed E-state index contributed by atoms with van der Waals surface area (Å²) in [6.45, 7) is 7.76. The lowest BCUT2D eigenvalue weighted by atomic mass is 10.1. The highest BCUT2D eigenvalue weighted by Crippen LogP contribution is 2.26. The molecule has 0 amide bonds. The molecule has 8 nitrogen and oxygen atoms in total. The first kappa shape index (κ1) is 25.2. The van der Waals surface area contributed by atoms with Crippen molar-refractivity contribution >= 4 is 15.7 Å². The number of hydrogen-bond donors (Lipinski definition) is 1. The third-order valence-corrected chi connectivity index (χ3v) is 7.67. The van der Waals surface area contributed by atoms with E-state index >= 15 is 0 Å². The Labute approximate surface area is 222 Å². The molecular weight excluding hydrogens is 498 g/mol. The molecule has 0 unspecified atom stereocenters. The van der Waals surface area contributed by atoms with E-state index in [0.29, 0.717) is 29.0 Å². The van der Waals surface area contributed by atoms with Gasteiger partial charge in [-0.15, -0.1) is 0 Å². The Morgan fingerprint density at radius 1 is 0.789 bits per heavy atom. The number of nitrogens with one attached hydrogen (secondary N) is 1. The molecule has 5 aromatic rings. The summed E-state index contributed by atoms with van der Waals surface area (Å²) < 4.78 is 36.2. The Kier molecular flexibility index (Phi) is 6.69. The van der Waals surface area contributed by atoms with Crippen molar-refractivity contribution in [2.24, 2.45) is 0 Å². The van der Waals surface area contributed by atoms with Crippen molar-refractivity contribution in [3.8, 4) is 28.6 Å². The molecule has 5 rings (SSSR count). The van der Waals surface area contributed by atoms with Crippen LogP contribution in [-0.4, -0.2) is 28.2 Å². The number of hydrogen-bond acceptors (Lipinski definition) is 6. The van der Waals surface area contributed by atoms with E-state index in [9.17, 15) is 8.42 Å². The maximum absolute atomic E-state index is 12.9. The highest BCUT2D eigenvalue weighted by atomic mass is 32.2. The average molecular weight is 526 g/mol. The number of ether oxygens (including phenoxy) is 1. The van der Waals surface area contributed by atoms with Gasteiger partial charge in [0.2, 0.25) is 5.88 Å². The Morgan fingerprint density at radius 2 is 1.45 bits per heavy atom. The van der Waals surface area contributed by atoms with Crippen molar-refractivity contribution in [3.05, 3.63) is 108 Å². The molecule has 0 fully saturated rings. The number of aryl methyl sites for hydroxylation is 2. The highest BCUT2D eigenvalue weighted by molar-refractivity contribution is 7.92. The second-order valence-corrected chi connectivity index (χ2v) is 10.6. The number of aromatic nitrogens is 4. The molecular formula is C29H27N5O3S. The molecule has 38 heavy (non-hydrogen) atoms. The number of sulfonamides is 1. The summed E-state index contributed by atoms with van der Waals surface area (Å²) in [5.41, 5.74) is 5.43. The number of anilines is 1. The Hall–Kier alpha value is -4.50. The second-order valence-electron chi connectivity index (χ2n) is 8.94. The van der Waals surface area contributed by atoms with Crippen LogP contribution in [0.1, 0.15) is 22.8 Å². The van der Waals surface area contributed by atoms with E-state index in [0.717, 1.165) is 28.1 Å². The van der Waals surface area contributed by atoms with Gasteiger partial charge in [0.05, 0.1) is 10.6 Å². The van der Waals surface area contributed by atoms with Crippen molar-refractivity contribution in [3.63, 3.8) is 0 Å². The first-order chi connectivity index (χ1) is 18.2. The molecule has 3 aromatic carbocycles. The maximum Gasteiger partial charge on any atom is 0.261 e. The van der Waals surface area contributed by atoms with E-state index in [1.165, 1.54) is 0 Å². The molecule has 0 aliphatic heterocycles. The Balaban J connectivity index is 1.30. The topological polar surface area (TPSA) is 99.0 Å². The normalized spacial score (nSPS) is 11.4. The second kappa shape index (κ2) is 10.1. The zero-order valence-electron chi connectivity index (χ0n) is 21.5. The Morgan fingerprint density at radius 3 is 2.08 bits per heavy atom. The molecule has 9 heteroatoms. The molecule has 0 spiro atoms. The average Bonchev–Trinajstić information content (AvgIpc) is 3.17. The van der Waals surface area contributed by atoms with Crippen LogP contribution < -0.4 is 9.46 Å². The van der Waals surface area contributed by atoms with Crippen LogP contribution in [0.4, 0.5) is 5.69 Å². The van der Waals surface area contributed by atoms with E-state index in [-0.39, 0.29) is 4.90 Å². The summed E-state index contributed by atoms with van der Waals surface area (Å²) in [4.78, 5) is 9.06. The van der Waals surface area contributed by atoms with Crippen LogP contribution in [0.15, 0.2) is 89.8 Å². The SMILES string of the molecule is Cc1nc(Oc2ccc(NS(=O)(=O)c3ccc(-c4ccccc4)cc3)cc2)cc(-n2nc(C)c(C)c2C)n1. The van der Waals surface area contributed by atoms with Crippen LogP contribution in [0.25, 0.3) is 16.9 Å². The van der Waals surface area contributed by atoms with Crippen LogP contribution >= 0.6 is 0 Å². The predicted molar refractivity (Wildman–Crippen MR) is 147 cm³/mol. The quantitative estimate of drug-likeness (QED) is 0.273. The van der Waals surface area contributed by atoms with Gasteiger partial charge in [-0.25, -0.2) is 18.1 Å². The van der Waals surface area contributed by atoms with E-state index in [4.69, 9.17) is 4.74 Å². The van der Waals surface area contributed by atoms with Gasteiger partial charge in [-0.2, -0.15) is 10.1 Å². The third kappa shape index (κ3) is 5.28. The first-order valence-electron chi connectivity index (χ1n) is 12.0. The van der Waals surface area contributed by atoms with Crippen LogP contribution in [0.5, 0.6) is 11.6 Å². The molecule has 192 valence electrons. The lowest BCUT2D eigenvalue weighted by Gasteiger charge is -2.11. The number of benzene rings is 3. The molecule has 0 atom stereocenters. The number of nitrogens with zero attached hydrogens (tertiary/aromatic N) is 4. The van der Waals surface area contributed by atoms with E-state index in [2.05, 4.69) is 19.8 Å². The van der Waals surface area contributed by atoms with Crippen LogP contribution in [0.2, 0.25) is 0 Å². The fourth-order valence-corrected chi connectivity index (χ4v) is 5.07. The monoisotopic (exact) mass is 525 g/mol. The van der Waals surface area contributed by atoms with E-state index < -0.39 is 10.0 Å². The smallest absolute Gasteiger partial charge is 0.261 e. The number of rotatable bonds is 7. The largest absolute Gasteiger partial charge is 0.439 e. The minimum atomic E-state index is -3.75. The van der Waals surface area contributed by atoms with Crippen molar-refractivity contribution < 1.29 is 13.2 Å². The van der Waals surface area contributed by atoms with Gasteiger partial charge in [0.25, 0.3) is 10.0 Å². The molecule has 1 N–H and O–H groups in total. The fraction of sp³-hybridized carbons (Fsp3) is 0.138. The zero-order valence-corrected chi connectivity index (χ0v) is 22.3. The van der Waals surface area contributed by atoms with Crippen molar-refractivity contribution in [2.75, 3.05) is 4.72 Å². The summed E-state index contributed by atoms with van der Waals surface area (Å²) in [5, 5.41) is 4.57. The molecule has 0 saturated carbocycles. The molecule has 2 aromatic heterocycles. The van der Waals surface area contributed by atoms with Gasteiger partial charge in [0.1, 0.15) is 11.6 Å². The van der Waals surface area contributed by atoms with Crippen molar-refractivity contribution in [1.29, 1.82) is 0 Å². The van der Waals surface area contributed by atoms with Crippen molar-refractivity contribution in [2.45, 2.75) is 32.6 Å². The van der Waals surface area contributed by atoms with Gasteiger partial charge >= 0.3 is 0 Å². The maximum atomic E-state index is 12.9. The van der Waals surface area contributed by atoms with E-state index in [1.54, 1.807) is 66.2 Å². The first-order valence-corrected chi connectivity index (χ1v) is 13.5. The predicted octanol–water partition coefficient (Wildman–Crippen LogP) is 6.16. The van der Waals surface area contributed by atoms with Crippen molar-refractivity contribution in [1.82, 2.24) is 19.7 Å². The molecule has 2 heterocycles. The summed E-state index contributed by atoms with van der Waals surface area (Å²) in [7, 11) is -3.75. The van der Waals surface area contributed by atoms with Gasteiger partial charge in [0.15, 0.2) is 5.82 Å². The van der Waals surface area contributed by atoms with Crippen LogP contribution in [0, 0.1) is 27.7 Å². The van der Waals surface area contributed by atoms with Gasteiger partial charge in [-0.1, -0.05) is 42.5 Å². The summed E-state index contributed by atoms with van der Waals surface area (Å²) in [6.07, 6.45) is 0. The minimum Gasteiger partial charge on any atom is -0.439 e. The minimum absolute atomic E-state index is 0.181. The van der Waals surface area contributed by atoms with Crippen LogP contribution in [0.3, 0.4) is 0 Å². The Bertz CT molecular complexity index is 1700. The lowest BCUT2D eigenvalue weighted by molar-refractivity contribution is 0.459. The molecule has 0 aliphatic rings.